The first-order valence-electron chi connectivity index (χ1n) is 12.6. The van der Waals surface area contributed by atoms with Crippen LogP contribution in [0.4, 0.5) is 5.69 Å². The van der Waals surface area contributed by atoms with Gasteiger partial charge >= 0.3 is 0 Å². The average molecular weight is 546 g/mol. The van der Waals surface area contributed by atoms with Gasteiger partial charge in [0.2, 0.25) is 0 Å². The van der Waals surface area contributed by atoms with E-state index in [2.05, 4.69) is 16.4 Å². The number of ether oxygens (including phenoxy) is 1. The van der Waals surface area contributed by atoms with Crippen molar-refractivity contribution in [1.82, 2.24) is 10.3 Å². The number of para-hydroxylation sites is 1. The fraction of sp³-hybridized carbons (Fsp3) is 0.200. The monoisotopic (exact) mass is 545 g/mol. The zero-order valence-corrected chi connectivity index (χ0v) is 22.6. The van der Waals surface area contributed by atoms with E-state index in [-0.39, 0.29) is 6.61 Å². The minimum Gasteiger partial charge on any atom is -0.492 e. The number of sulfonamides is 1. The van der Waals surface area contributed by atoms with Crippen LogP contribution in [0.2, 0.25) is 0 Å². The summed E-state index contributed by atoms with van der Waals surface area (Å²) < 4.78 is 31.5. The summed E-state index contributed by atoms with van der Waals surface area (Å²) in [5.41, 5.74) is 2.48. The number of H-pyrrole nitrogens is 1. The van der Waals surface area contributed by atoms with E-state index in [0.717, 1.165) is 38.5 Å². The summed E-state index contributed by atoms with van der Waals surface area (Å²) in [6, 6.07) is 30.0. The second-order valence-corrected chi connectivity index (χ2v) is 11.3. The SMILES string of the molecule is CC(O)(NCCOc1ccc2c(c1)[nH]c1ccccc12)c1ccc(N(OCc2ccccc2)S(C)(=O)=O)cc1. The topological polar surface area (TPSA) is 104 Å². The summed E-state index contributed by atoms with van der Waals surface area (Å²) in [4.78, 5) is 9.02. The Morgan fingerprint density at radius 3 is 2.33 bits per heavy atom. The molecule has 8 nitrogen and oxygen atoms in total. The molecule has 1 aromatic heterocycles. The van der Waals surface area contributed by atoms with Crippen molar-refractivity contribution < 1.29 is 23.1 Å². The van der Waals surface area contributed by atoms with Gasteiger partial charge in [-0.2, -0.15) is 0 Å². The van der Waals surface area contributed by atoms with E-state index in [9.17, 15) is 13.5 Å². The van der Waals surface area contributed by atoms with Gasteiger partial charge in [0.15, 0.2) is 0 Å². The number of anilines is 1. The van der Waals surface area contributed by atoms with Crippen LogP contribution in [0, 0.1) is 0 Å². The smallest absolute Gasteiger partial charge is 0.254 e. The lowest BCUT2D eigenvalue weighted by atomic mass is 10.0. The number of aliphatic hydroxyl groups is 1. The Balaban J connectivity index is 1.18. The van der Waals surface area contributed by atoms with Gasteiger partial charge in [-0.05, 0) is 48.4 Å². The lowest BCUT2D eigenvalue weighted by Gasteiger charge is -2.27. The average Bonchev–Trinajstić information content (AvgIpc) is 3.29. The van der Waals surface area contributed by atoms with Gasteiger partial charge in [-0.1, -0.05) is 60.7 Å². The van der Waals surface area contributed by atoms with Crippen LogP contribution in [-0.4, -0.2) is 37.9 Å². The van der Waals surface area contributed by atoms with Gasteiger partial charge in [0.1, 0.15) is 24.7 Å². The van der Waals surface area contributed by atoms with Crippen molar-refractivity contribution in [2.24, 2.45) is 0 Å². The summed E-state index contributed by atoms with van der Waals surface area (Å²) >= 11 is 0. The summed E-state index contributed by atoms with van der Waals surface area (Å²) in [6.45, 7) is 2.46. The number of aromatic amines is 1. The summed E-state index contributed by atoms with van der Waals surface area (Å²) in [7, 11) is -3.69. The van der Waals surface area contributed by atoms with Crippen molar-refractivity contribution >= 4 is 37.5 Å². The first-order valence-corrected chi connectivity index (χ1v) is 14.4. The van der Waals surface area contributed by atoms with Gasteiger partial charge < -0.3 is 14.8 Å². The van der Waals surface area contributed by atoms with Crippen LogP contribution < -0.4 is 14.5 Å². The zero-order valence-electron chi connectivity index (χ0n) is 21.8. The number of hydrogen-bond acceptors (Lipinski definition) is 6. The first kappa shape index (κ1) is 26.7. The van der Waals surface area contributed by atoms with E-state index >= 15 is 0 Å². The van der Waals surface area contributed by atoms with Crippen molar-refractivity contribution in [2.75, 3.05) is 23.9 Å². The Bertz CT molecular complexity index is 1670. The van der Waals surface area contributed by atoms with E-state index in [1.807, 2.05) is 66.7 Å². The predicted octanol–water partition coefficient (Wildman–Crippen LogP) is 5.05. The quantitative estimate of drug-likeness (QED) is 0.122. The van der Waals surface area contributed by atoms with Crippen molar-refractivity contribution in [3.63, 3.8) is 0 Å². The zero-order chi connectivity index (χ0) is 27.5. The van der Waals surface area contributed by atoms with Crippen molar-refractivity contribution in [1.29, 1.82) is 0 Å². The molecule has 5 aromatic rings. The van der Waals surface area contributed by atoms with E-state index in [4.69, 9.17) is 9.57 Å². The molecular weight excluding hydrogens is 514 g/mol. The Morgan fingerprint density at radius 2 is 1.59 bits per heavy atom. The van der Waals surface area contributed by atoms with Gasteiger partial charge in [0.05, 0.1) is 17.5 Å². The maximum absolute atomic E-state index is 12.4. The van der Waals surface area contributed by atoms with Gasteiger partial charge in [0.25, 0.3) is 10.0 Å². The Hall–Kier alpha value is -3.89. The minimum absolute atomic E-state index is 0.0994. The molecule has 0 aliphatic rings. The molecule has 0 bridgehead atoms. The lowest BCUT2D eigenvalue weighted by molar-refractivity contribution is 0.0169. The van der Waals surface area contributed by atoms with Gasteiger partial charge in [-0.3, -0.25) is 10.2 Å². The third-order valence-corrected chi connectivity index (χ3v) is 7.37. The second-order valence-electron chi connectivity index (χ2n) is 9.52. The molecule has 0 amide bonds. The molecule has 0 spiro atoms. The van der Waals surface area contributed by atoms with E-state index in [0.29, 0.717) is 24.4 Å². The van der Waals surface area contributed by atoms with Crippen LogP contribution in [0.15, 0.2) is 97.1 Å². The molecule has 0 saturated heterocycles. The third kappa shape index (κ3) is 6.23. The number of benzene rings is 4. The van der Waals surface area contributed by atoms with Crippen LogP contribution in [-0.2, 0) is 27.2 Å². The van der Waals surface area contributed by atoms with Gasteiger partial charge in [-0.25, -0.2) is 8.42 Å². The van der Waals surface area contributed by atoms with Gasteiger partial charge in [-0.15, -0.1) is 4.47 Å². The Kier molecular flexibility index (Phi) is 7.58. The molecule has 0 radical (unpaired) electrons. The molecule has 1 atom stereocenters. The fourth-order valence-corrected chi connectivity index (χ4v) is 5.21. The molecule has 39 heavy (non-hydrogen) atoms. The maximum Gasteiger partial charge on any atom is 0.254 e. The summed E-state index contributed by atoms with van der Waals surface area (Å²) in [6.07, 6.45) is 1.08. The minimum atomic E-state index is -3.69. The first-order chi connectivity index (χ1) is 18.7. The molecule has 9 heteroatoms. The number of hydrogen-bond donors (Lipinski definition) is 3. The molecule has 1 unspecified atom stereocenters. The molecule has 0 aliphatic heterocycles. The molecule has 1 heterocycles. The molecular formula is C30H31N3O5S. The molecule has 0 saturated carbocycles. The molecule has 3 N–H and O–H groups in total. The van der Waals surface area contributed by atoms with Crippen LogP contribution in [0.3, 0.4) is 0 Å². The molecule has 202 valence electrons. The largest absolute Gasteiger partial charge is 0.492 e. The number of nitrogens with one attached hydrogen (secondary N) is 2. The fourth-order valence-electron chi connectivity index (χ4n) is 4.47. The highest BCUT2D eigenvalue weighted by atomic mass is 32.2. The predicted molar refractivity (Wildman–Crippen MR) is 154 cm³/mol. The van der Waals surface area contributed by atoms with Crippen molar-refractivity contribution in [3.05, 3.63) is 108 Å². The highest BCUT2D eigenvalue weighted by molar-refractivity contribution is 7.91. The number of aromatic nitrogens is 1. The normalized spacial score (nSPS) is 13.4. The van der Waals surface area contributed by atoms with Crippen molar-refractivity contribution in [2.45, 2.75) is 19.3 Å². The highest BCUT2D eigenvalue weighted by Crippen LogP contribution is 2.28. The third-order valence-electron chi connectivity index (χ3n) is 6.45. The van der Waals surface area contributed by atoms with Crippen LogP contribution in [0.5, 0.6) is 5.75 Å². The molecule has 0 aliphatic carbocycles. The summed E-state index contributed by atoms with van der Waals surface area (Å²) in [5, 5.41) is 16.4. The Morgan fingerprint density at radius 1 is 0.897 bits per heavy atom. The summed E-state index contributed by atoms with van der Waals surface area (Å²) in [5.74, 6) is 0.733. The van der Waals surface area contributed by atoms with Gasteiger partial charge in [0, 0.05) is 28.9 Å². The van der Waals surface area contributed by atoms with Crippen LogP contribution in [0.25, 0.3) is 21.8 Å². The van der Waals surface area contributed by atoms with E-state index < -0.39 is 15.7 Å². The van der Waals surface area contributed by atoms with Crippen LogP contribution in [0.1, 0.15) is 18.1 Å². The van der Waals surface area contributed by atoms with Crippen molar-refractivity contribution in [3.8, 4) is 5.75 Å². The number of nitrogens with zero attached hydrogens (tertiary/aromatic N) is 1. The number of rotatable bonds is 11. The van der Waals surface area contributed by atoms with Crippen LogP contribution >= 0.6 is 0 Å². The maximum atomic E-state index is 12.4. The van der Waals surface area contributed by atoms with E-state index in [1.165, 1.54) is 5.39 Å². The molecule has 4 aromatic carbocycles. The second kappa shape index (κ2) is 11.1. The molecule has 0 fully saturated rings. The molecule has 5 rings (SSSR count). The lowest BCUT2D eigenvalue weighted by Crippen LogP contribution is -2.41. The van der Waals surface area contributed by atoms with E-state index in [1.54, 1.807) is 31.2 Å². The highest BCUT2D eigenvalue weighted by Gasteiger charge is 2.24. The Labute approximate surface area is 227 Å². The number of fused-ring (bicyclic) bond motifs is 3. The standard InChI is InChI=1S/C30H31N3O5S/c1-30(34,31-18-19-37-25-16-17-27-26-10-6-7-11-28(26)32-29(27)20-25)23-12-14-24(15-13-23)33(39(2,35)36)38-21-22-8-4-3-5-9-22/h3-17,20,31-32,34H,18-19,21H2,1-2H3.